The minimum absolute atomic E-state index is 0.0629. The standard InChI is InChI=1S/C12H11F2NO2/c13-9-4-1-5-10(14)11(9)12(17)15-6-2-3-8(16)7-15/h1,4-5H,2-3,6-7H2. The molecule has 0 atom stereocenters. The van der Waals surface area contributed by atoms with E-state index in [1.54, 1.807) is 0 Å². The van der Waals surface area contributed by atoms with Crippen LogP contribution in [0.15, 0.2) is 18.2 Å². The van der Waals surface area contributed by atoms with Crippen molar-refractivity contribution in [1.82, 2.24) is 4.90 Å². The Kier molecular flexibility index (Phi) is 3.17. The Hall–Kier alpha value is -1.78. The molecule has 1 saturated heterocycles. The number of hydrogen-bond acceptors (Lipinski definition) is 2. The Bertz CT molecular complexity index is 453. The van der Waals surface area contributed by atoms with Crippen molar-refractivity contribution in [2.75, 3.05) is 13.1 Å². The summed E-state index contributed by atoms with van der Waals surface area (Å²) in [5.74, 6) is -2.63. The lowest BCUT2D eigenvalue weighted by Crippen LogP contribution is -2.40. The zero-order valence-corrected chi connectivity index (χ0v) is 9.08. The van der Waals surface area contributed by atoms with Crippen LogP contribution in [-0.2, 0) is 4.79 Å². The second kappa shape index (κ2) is 4.61. The number of likely N-dealkylation sites (tertiary alicyclic amines) is 1. The molecule has 1 heterocycles. The SMILES string of the molecule is O=C1CCCN(C(=O)c2c(F)cccc2F)C1. The quantitative estimate of drug-likeness (QED) is 0.749. The Labute approximate surface area is 97.0 Å². The summed E-state index contributed by atoms with van der Waals surface area (Å²) in [6.45, 7) is 0.297. The van der Waals surface area contributed by atoms with E-state index in [2.05, 4.69) is 0 Å². The lowest BCUT2D eigenvalue weighted by atomic mass is 10.1. The van der Waals surface area contributed by atoms with Crippen molar-refractivity contribution in [1.29, 1.82) is 0 Å². The van der Waals surface area contributed by atoms with Gasteiger partial charge in [-0.15, -0.1) is 0 Å². The molecule has 17 heavy (non-hydrogen) atoms. The third-order valence-electron chi connectivity index (χ3n) is 2.71. The van der Waals surface area contributed by atoms with Crippen LogP contribution >= 0.6 is 0 Å². The number of hydrogen-bond donors (Lipinski definition) is 0. The van der Waals surface area contributed by atoms with Gasteiger partial charge in [0.2, 0.25) is 0 Å². The number of carbonyl (C=O) groups is 2. The van der Waals surface area contributed by atoms with Gasteiger partial charge >= 0.3 is 0 Å². The number of piperidine rings is 1. The second-order valence-corrected chi connectivity index (χ2v) is 3.97. The monoisotopic (exact) mass is 239 g/mol. The molecule has 2 rings (SSSR count). The van der Waals surface area contributed by atoms with E-state index >= 15 is 0 Å². The van der Waals surface area contributed by atoms with Crippen LogP contribution in [0.25, 0.3) is 0 Å². The molecule has 0 bridgehead atoms. The van der Waals surface area contributed by atoms with E-state index in [0.717, 1.165) is 12.1 Å². The normalized spacial score (nSPS) is 16.1. The zero-order valence-electron chi connectivity index (χ0n) is 9.08. The summed E-state index contributed by atoms with van der Waals surface area (Å²) in [6.07, 6.45) is 0.962. The third-order valence-corrected chi connectivity index (χ3v) is 2.71. The lowest BCUT2D eigenvalue weighted by molar-refractivity contribution is -0.121. The van der Waals surface area contributed by atoms with Gasteiger partial charge in [-0.3, -0.25) is 9.59 Å². The average Bonchev–Trinajstić information content (AvgIpc) is 2.28. The maximum Gasteiger partial charge on any atom is 0.260 e. The first-order valence-electron chi connectivity index (χ1n) is 5.34. The van der Waals surface area contributed by atoms with Crippen LogP contribution in [-0.4, -0.2) is 29.7 Å². The summed E-state index contributed by atoms with van der Waals surface area (Å²) < 4.78 is 26.8. The van der Waals surface area contributed by atoms with Crippen LogP contribution in [0.2, 0.25) is 0 Å². The molecule has 1 aliphatic rings. The topological polar surface area (TPSA) is 37.4 Å². The van der Waals surface area contributed by atoms with Crippen molar-refractivity contribution in [2.45, 2.75) is 12.8 Å². The molecule has 3 nitrogen and oxygen atoms in total. The number of Topliss-reactive ketones (excluding diaryl/α,β-unsaturated/α-hetero) is 1. The predicted octanol–water partition coefficient (Wildman–Crippen LogP) is 1.77. The lowest BCUT2D eigenvalue weighted by Gasteiger charge is -2.26. The first-order chi connectivity index (χ1) is 8.09. The van der Waals surface area contributed by atoms with Crippen LogP contribution in [0, 0.1) is 11.6 Å². The van der Waals surface area contributed by atoms with Gasteiger partial charge in [-0.05, 0) is 18.6 Å². The van der Waals surface area contributed by atoms with Crippen LogP contribution < -0.4 is 0 Å². The van der Waals surface area contributed by atoms with Crippen molar-refractivity contribution in [3.05, 3.63) is 35.4 Å². The van der Waals surface area contributed by atoms with Gasteiger partial charge in [0, 0.05) is 13.0 Å². The number of halogens is 2. The summed E-state index contributed by atoms with van der Waals surface area (Å²) in [7, 11) is 0. The average molecular weight is 239 g/mol. The molecule has 0 saturated carbocycles. The Morgan fingerprint density at radius 3 is 2.47 bits per heavy atom. The van der Waals surface area contributed by atoms with E-state index in [0.29, 0.717) is 19.4 Å². The fourth-order valence-corrected chi connectivity index (χ4v) is 1.87. The van der Waals surface area contributed by atoms with Gasteiger partial charge < -0.3 is 4.90 Å². The van der Waals surface area contributed by atoms with E-state index in [-0.39, 0.29) is 12.3 Å². The van der Waals surface area contributed by atoms with Crippen LogP contribution in [0.3, 0.4) is 0 Å². The molecule has 0 aromatic heterocycles. The number of nitrogens with zero attached hydrogens (tertiary/aromatic N) is 1. The minimum Gasteiger partial charge on any atom is -0.331 e. The smallest absolute Gasteiger partial charge is 0.260 e. The molecule has 0 N–H and O–H groups in total. The Morgan fingerprint density at radius 1 is 1.24 bits per heavy atom. The summed E-state index contributed by atoms with van der Waals surface area (Å²) in [6, 6.07) is 3.26. The summed E-state index contributed by atoms with van der Waals surface area (Å²) >= 11 is 0. The molecule has 0 aliphatic carbocycles. The molecular formula is C12H11F2NO2. The van der Waals surface area contributed by atoms with Gasteiger partial charge in [-0.2, -0.15) is 0 Å². The van der Waals surface area contributed by atoms with Gasteiger partial charge in [0.25, 0.3) is 5.91 Å². The first-order valence-corrected chi connectivity index (χ1v) is 5.34. The third kappa shape index (κ3) is 2.33. The van der Waals surface area contributed by atoms with Crippen molar-refractivity contribution in [3.63, 3.8) is 0 Å². The fraction of sp³-hybridized carbons (Fsp3) is 0.333. The zero-order chi connectivity index (χ0) is 12.4. The molecule has 1 fully saturated rings. The summed E-state index contributed by atoms with van der Waals surface area (Å²) in [5.41, 5.74) is -0.581. The summed E-state index contributed by atoms with van der Waals surface area (Å²) in [5, 5.41) is 0. The maximum absolute atomic E-state index is 13.4. The van der Waals surface area contributed by atoms with Crippen molar-refractivity contribution < 1.29 is 18.4 Å². The van der Waals surface area contributed by atoms with Gasteiger partial charge in [0.15, 0.2) is 5.78 Å². The van der Waals surface area contributed by atoms with Crippen LogP contribution in [0.1, 0.15) is 23.2 Å². The van der Waals surface area contributed by atoms with Gasteiger partial charge in [-0.25, -0.2) is 8.78 Å². The van der Waals surface area contributed by atoms with E-state index in [4.69, 9.17) is 0 Å². The summed E-state index contributed by atoms with van der Waals surface area (Å²) in [4.78, 5) is 24.3. The van der Waals surface area contributed by atoms with E-state index in [1.165, 1.54) is 11.0 Å². The molecule has 90 valence electrons. The van der Waals surface area contributed by atoms with E-state index in [1.807, 2.05) is 0 Å². The molecular weight excluding hydrogens is 228 g/mol. The molecule has 1 aromatic rings. The number of benzene rings is 1. The molecule has 0 spiro atoms. The molecule has 1 aliphatic heterocycles. The number of ketones is 1. The van der Waals surface area contributed by atoms with Gasteiger partial charge in [0.05, 0.1) is 6.54 Å². The number of carbonyl (C=O) groups excluding carboxylic acids is 2. The van der Waals surface area contributed by atoms with Gasteiger partial charge in [-0.1, -0.05) is 6.07 Å². The van der Waals surface area contributed by atoms with E-state index < -0.39 is 23.1 Å². The maximum atomic E-state index is 13.4. The molecule has 0 radical (unpaired) electrons. The first kappa shape index (κ1) is 11.7. The van der Waals surface area contributed by atoms with Gasteiger partial charge in [0.1, 0.15) is 17.2 Å². The van der Waals surface area contributed by atoms with Crippen LogP contribution in [0.5, 0.6) is 0 Å². The number of rotatable bonds is 1. The highest BCUT2D eigenvalue weighted by Gasteiger charge is 2.26. The molecule has 5 heteroatoms. The highest BCUT2D eigenvalue weighted by molar-refractivity contribution is 5.97. The molecule has 1 aromatic carbocycles. The largest absolute Gasteiger partial charge is 0.331 e. The second-order valence-electron chi connectivity index (χ2n) is 3.97. The number of amides is 1. The highest BCUT2D eigenvalue weighted by atomic mass is 19.1. The Balaban J connectivity index is 2.27. The van der Waals surface area contributed by atoms with Crippen molar-refractivity contribution in [2.24, 2.45) is 0 Å². The Morgan fingerprint density at radius 2 is 1.88 bits per heavy atom. The molecule has 1 amide bonds. The fourth-order valence-electron chi connectivity index (χ4n) is 1.87. The van der Waals surface area contributed by atoms with Crippen molar-refractivity contribution >= 4 is 11.7 Å². The van der Waals surface area contributed by atoms with Crippen LogP contribution in [0.4, 0.5) is 8.78 Å². The molecule has 0 unspecified atom stereocenters. The van der Waals surface area contributed by atoms with E-state index in [9.17, 15) is 18.4 Å². The minimum atomic E-state index is -0.895. The predicted molar refractivity (Wildman–Crippen MR) is 56.5 cm³/mol. The van der Waals surface area contributed by atoms with Crippen molar-refractivity contribution in [3.8, 4) is 0 Å². The highest BCUT2D eigenvalue weighted by Crippen LogP contribution is 2.17.